The van der Waals surface area contributed by atoms with Crippen LogP contribution < -0.4 is 14.8 Å². The van der Waals surface area contributed by atoms with Gasteiger partial charge in [0.1, 0.15) is 17.5 Å². The molecule has 4 rings (SSSR count). The van der Waals surface area contributed by atoms with E-state index >= 15 is 0 Å². The summed E-state index contributed by atoms with van der Waals surface area (Å²) in [6.07, 6.45) is 8.92. The van der Waals surface area contributed by atoms with Crippen molar-refractivity contribution in [2.75, 3.05) is 14.2 Å². The molecule has 0 unspecified atom stereocenters. The number of nitrogens with zero attached hydrogens (tertiary/aromatic N) is 2. The summed E-state index contributed by atoms with van der Waals surface area (Å²) in [4.78, 5) is 25.0. The van der Waals surface area contributed by atoms with E-state index in [1.807, 2.05) is 22.9 Å². The SMILES string of the molecule is COc1cccc(OC)c1-c1cc(C(=O)N[C@@H](CC2CCCC2)C(=O)O)nn1C1CCCC1. The first-order valence-electron chi connectivity index (χ1n) is 11.9. The molecule has 1 aromatic heterocycles. The zero-order valence-corrected chi connectivity index (χ0v) is 19.4. The Bertz CT molecular complexity index is 968. The van der Waals surface area contributed by atoms with Crippen molar-refractivity contribution in [3.05, 3.63) is 30.0 Å². The molecular formula is C25H33N3O5. The Morgan fingerprint density at radius 1 is 1.09 bits per heavy atom. The molecule has 2 N–H and O–H groups in total. The largest absolute Gasteiger partial charge is 0.496 e. The highest BCUT2D eigenvalue weighted by Gasteiger charge is 2.30. The quantitative estimate of drug-likeness (QED) is 0.579. The molecule has 0 radical (unpaired) electrons. The summed E-state index contributed by atoms with van der Waals surface area (Å²) in [7, 11) is 3.20. The number of methoxy groups -OCH3 is 2. The standard InChI is InChI=1S/C25H33N3O5/c1-32-21-12-7-13-22(33-2)23(21)20-15-18(27-28(20)17-10-5-6-11-17)24(29)26-19(25(30)31)14-16-8-3-4-9-16/h7,12-13,15-17,19H,3-6,8-11,14H2,1-2H3,(H,26,29)(H,30,31)/t19-/m0/s1. The number of rotatable bonds is 9. The van der Waals surface area contributed by atoms with Gasteiger partial charge in [0.05, 0.1) is 31.5 Å². The summed E-state index contributed by atoms with van der Waals surface area (Å²) in [5, 5.41) is 17.1. The predicted molar refractivity (Wildman–Crippen MR) is 124 cm³/mol. The van der Waals surface area contributed by atoms with Gasteiger partial charge in [-0.05, 0) is 43.4 Å². The van der Waals surface area contributed by atoms with Crippen LogP contribution in [0, 0.1) is 5.92 Å². The maximum Gasteiger partial charge on any atom is 0.326 e. The van der Waals surface area contributed by atoms with Crippen molar-refractivity contribution >= 4 is 11.9 Å². The number of aliphatic carboxylic acids is 1. The lowest BCUT2D eigenvalue weighted by atomic mass is 9.98. The fraction of sp³-hybridized carbons (Fsp3) is 0.560. The van der Waals surface area contributed by atoms with Gasteiger partial charge in [-0.2, -0.15) is 5.10 Å². The molecule has 8 nitrogen and oxygen atoms in total. The number of aromatic nitrogens is 2. The molecule has 0 saturated heterocycles. The molecule has 33 heavy (non-hydrogen) atoms. The normalized spacial score (nSPS) is 17.8. The molecule has 0 spiro atoms. The van der Waals surface area contributed by atoms with Gasteiger partial charge in [-0.3, -0.25) is 9.48 Å². The van der Waals surface area contributed by atoms with Crippen molar-refractivity contribution < 1.29 is 24.2 Å². The summed E-state index contributed by atoms with van der Waals surface area (Å²) in [6.45, 7) is 0. The van der Waals surface area contributed by atoms with Crippen LogP contribution in [0.1, 0.15) is 74.3 Å². The molecule has 1 heterocycles. The van der Waals surface area contributed by atoms with Crippen molar-refractivity contribution in [2.24, 2.45) is 5.92 Å². The molecule has 2 fully saturated rings. The fourth-order valence-electron chi connectivity index (χ4n) is 5.26. The summed E-state index contributed by atoms with van der Waals surface area (Å²) in [5.74, 6) is 0.135. The molecule has 0 bridgehead atoms. The van der Waals surface area contributed by atoms with Gasteiger partial charge in [0.25, 0.3) is 5.91 Å². The van der Waals surface area contributed by atoms with Gasteiger partial charge in [0.15, 0.2) is 5.69 Å². The number of carbonyl (C=O) groups is 2. The Kier molecular flexibility index (Phi) is 7.20. The number of carboxylic acid groups (broad SMARTS) is 1. The summed E-state index contributed by atoms with van der Waals surface area (Å²) < 4.78 is 13.1. The zero-order chi connectivity index (χ0) is 23.4. The lowest BCUT2D eigenvalue weighted by Gasteiger charge is -2.18. The molecule has 8 heteroatoms. The maximum atomic E-state index is 13.1. The zero-order valence-electron chi connectivity index (χ0n) is 19.4. The molecule has 2 aliphatic rings. The van der Waals surface area contributed by atoms with Gasteiger partial charge in [-0.15, -0.1) is 0 Å². The second kappa shape index (κ2) is 10.3. The minimum atomic E-state index is -1.00. The topological polar surface area (TPSA) is 103 Å². The lowest BCUT2D eigenvalue weighted by Crippen LogP contribution is -2.42. The van der Waals surface area contributed by atoms with Crippen LogP contribution in [0.2, 0.25) is 0 Å². The Morgan fingerprint density at radius 2 is 1.70 bits per heavy atom. The van der Waals surface area contributed by atoms with Crippen molar-refractivity contribution in [1.29, 1.82) is 0 Å². The maximum absolute atomic E-state index is 13.1. The predicted octanol–water partition coefficient (Wildman–Crippen LogP) is 4.45. The van der Waals surface area contributed by atoms with Gasteiger partial charge < -0.3 is 19.9 Å². The van der Waals surface area contributed by atoms with Crippen LogP contribution in [-0.4, -0.2) is 47.0 Å². The van der Waals surface area contributed by atoms with Crippen molar-refractivity contribution in [3.63, 3.8) is 0 Å². The molecule has 178 valence electrons. The summed E-state index contributed by atoms with van der Waals surface area (Å²) in [6, 6.07) is 6.54. The first-order valence-corrected chi connectivity index (χ1v) is 11.9. The van der Waals surface area contributed by atoms with E-state index in [1.54, 1.807) is 20.3 Å². The second-order valence-electron chi connectivity index (χ2n) is 9.09. The van der Waals surface area contributed by atoms with E-state index in [4.69, 9.17) is 9.47 Å². The average Bonchev–Trinajstić information content (AvgIpc) is 3.59. The van der Waals surface area contributed by atoms with Gasteiger partial charge in [0, 0.05) is 0 Å². The third-order valence-electron chi connectivity index (χ3n) is 6.97. The van der Waals surface area contributed by atoms with Crippen LogP contribution in [0.25, 0.3) is 11.3 Å². The smallest absolute Gasteiger partial charge is 0.326 e. The Hall–Kier alpha value is -3.03. The average molecular weight is 456 g/mol. The first kappa shape index (κ1) is 23.1. The third kappa shape index (κ3) is 4.99. The molecule has 1 aromatic carbocycles. The highest BCUT2D eigenvalue weighted by molar-refractivity contribution is 5.96. The molecule has 0 aliphatic heterocycles. The number of hydrogen-bond acceptors (Lipinski definition) is 5. The summed E-state index contributed by atoms with van der Waals surface area (Å²) in [5.41, 5.74) is 1.69. The van der Waals surface area contributed by atoms with E-state index in [0.29, 0.717) is 23.8 Å². The van der Waals surface area contributed by atoms with Crippen LogP contribution >= 0.6 is 0 Å². The monoisotopic (exact) mass is 455 g/mol. The van der Waals surface area contributed by atoms with Crippen molar-refractivity contribution in [3.8, 4) is 22.8 Å². The Morgan fingerprint density at radius 3 is 2.27 bits per heavy atom. The minimum absolute atomic E-state index is 0.171. The molecular weight excluding hydrogens is 422 g/mol. The van der Waals surface area contributed by atoms with Crippen LogP contribution in [-0.2, 0) is 4.79 Å². The van der Waals surface area contributed by atoms with E-state index in [2.05, 4.69) is 10.4 Å². The fourth-order valence-corrected chi connectivity index (χ4v) is 5.26. The molecule has 2 aromatic rings. The van der Waals surface area contributed by atoms with Crippen molar-refractivity contribution in [1.82, 2.24) is 15.1 Å². The lowest BCUT2D eigenvalue weighted by molar-refractivity contribution is -0.139. The number of nitrogens with one attached hydrogen (secondary N) is 1. The van der Waals surface area contributed by atoms with Gasteiger partial charge in [-0.25, -0.2) is 4.79 Å². The number of benzene rings is 1. The summed E-state index contributed by atoms with van der Waals surface area (Å²) >= 11 is 0. The van der Waals surface area contributed by atoms with Crippen LogP contribution in [0.5, 0.6) is 11.5 Å². The highest BCUT2D eigenvalue weighted by atomic mass is 16.5. The van der Waals surface area contributed by atoms with Gasteiger partial charge in [0.2, 0.25) is 0 Å². The van der Waals surface area contributed by atoms with Crippen LogP contribution in [0.15, 0.2) is 24.3 Å². The number of carbonyl (C=O) groups excluding carboxylic acids is 1. The van der Waals surface area contributed by atoms with Gasteiger partial charge >= 0.3 is 5.97 Å². The molecule has 1 amide bonds. The number of hydrogen-bond donors (Lipinski definition) is 2. The Balaban J connectivity index is 1.67. The molecule has 1 atom stereocenters. The first-order chi connectivity index (χ1) is 16.0. The third-order valence-corrected chi connectivity index (χ3v) is 6.97. The molecule has 2 aliphatic carbocycles. The highest BCUT2D eigenvalue weighted by Crippen LogP contribution is 2.41. The van der Waals surface area contributed by atoms with E-state index in [0.717, 1.165) is 62.6 Å². The van der Waals surface area contributed by atoms with E-state index in [-0.39, 0.29) is 11.7 Å². The molecule has 2 saturated carbocycles. The van der Waals surface area contributed by atoms with E-state index < -0.39 is 17.9 Å². The number of carboxylic acids is 1. The van der Waals surface area contributed by atoms with Crippen LogP contribution in [0.4, 0.5) is 0 Å². The minimum Gasteiger partial charge on any atom is -0.496 e. The van der Waals surface area contributed by atoms with E-state index in [9.17, 15) is 14.7 Å². The number of amides is 1. The Labute approximate surface area is 194 Å². The van der Waals surface area contributed by atoms with Gasteiger partial charge in [-0.1, -0.05) is 44.6 Å². The van der Waals surface area contributed by atoms with Crippen molar-refractivity contribution in [2.45, 2.75) is 69.9 Å². The number of ether oxygens (including phenoxy) is 2. The van der Waals surface area contributed by atoms with Crippen LogP contribution in [0.3, 0.4) is 0 Å². The van der Waals surface area contributed by atoms with E-state index in [1.165, 1.54) is 0 Å². The second-order valence-corrected chi connectivity index (χ2v) is 9.09.